The molecule has 8 heteroatoms. The van der Waals surface area contributed by atoms with Gasteiger partial charge in [0.1, 0.15) is 0 Å². The molecule has 1 aliphatic heterocycles. The van der Waals surface area contributed by atoms with Crippen LogP contribution in [-0.4, -0.2) is 31.4 Å². The Morgan fingerprint density at radius 1 is 1.25 bits per heavy atom. The Balaban J connectivity index is 2.36. The maximum Gasteiger partial charge on any atom is 0.416 e. The van der Waals surface area contributed by atoms with Crippen molar-refractivity contribution in [3.8, 4) is 0 Å². The summed E-state index contributed by atoms with van der Waals surface area (Å²) < 4.78 is 43.9. The number of nitrogens with one attached hydrogen (secondary N) is 1. The van der Waals surface area contributed by atoms with Gasteiger partial charge in [0.25, 0.3) is 0 Å². The molecule has 2 rings (SSSR count). The number of nitrogens with zero attached hydrogens (tertiary/aromatic N) is 1. The Bertz CT molecular complexity index is 501. The molecule has 110 valence electrons. The number of benzene rings is 1. The molecule has 1 aromatic carbocycles. The highest BCUT2D eigenvalue weighted by Crippen LogP contribution is 2.34. The molecular weight excluding hydrogens is 291 g/mol. The SMILES string of the molecule is NC(=S)Nc1cc(N2CCOCC2)cc(C(F)(F)F)c1. The van der Waals surface area contributed by atoms with E-state index in [4.69, 9.17) is 10.5 Å². The van der Waals surface area contributed by atoms with Crippen LogP contribution in [0.5, 0.6) is 0 Å². The Morgan fingerprint density at radius 2 is 1.90 bits per heavy atom. The van der Waals surface area contributed by atoms with Gasteiger partial charge in [-0.25, -0.2) is 0 Å². The zero-order valence-corrected chi connectivity index (χ0v) is 11.4. The number of morpholine rings is 1. The molecule has 4 nitrogen and oxygen atoms in total. The van der Waals surface area contributed by atoms with Crippen molar-refractivity contribution >= 4 is 28.7 Å². The number of thiocarbonyl (C=S) groups is 1. The highest BCUT2D eigenvalue weighted by molar-refractivity contribution is 7.80. The fourth-order valence-corrected chi connectivity index (χ4v) is 2.11. The van der Waals surface area contributed by atoms with Crippen molar-refractivity contribution < 1.29 is 17.9 Å². The number of halogens is 3. The summed E-state index contributed by atoms with van der Waals surface area (Å²) in [5.74, 6) is 0. The fraction of sp³-hybridized carbons (Fsp3) is 0.417. The number of nitrogens with two attached hydrogens (primary N) is 1. The van der Waals surface area contributed by atoms with Crippen LogP contribution >= 0.6 is 12.2 Å². The van der Waals surface area contributed by atoms with Crippen molar-refractivity contribution in [1.29, 1.82) is 0 Å². The van der Waals surface area contributed by atoms with Crippen LogP contribution in [-0.2, 0) is 10.9 Å². The third kappa shape index (κ3) is 3.73. The molecule has 0 radical (unpaired) electrons. The van der Waals surface area contributed by atoms with Gasteiger partial charge in [-0.3, -0.25) is 0 Å². The van der Waals surface area contributed by atoms with Crippen LogP contribution < -0.4 is 16.0 Å². The summed E-state index contributed by atoms with van der Waals surface area (Å²) in [5, 5.41) is 2.48. The van der Waals surface area contributed by atoms with Gasteiger partial charge in [-0.15, -0.1) is 0 Å². The van der Waals surface area contributed by atoms with Crippen molar-refractivity contribution in [2.45, 2.75) is 6.18 Å². The molecule has 0 atom stereocenters. The van der Waals surface area contributed by atoms with E-state index in [-0.39, 0.29) is 10.8 Å². The average Bonchev–Trinajstić information content (AvgIpc) is 2.37. The summed E-state index contributed by atoms with van der Waals surface area (Å²) in [4.78, 5) is 1.84. The number of rotatable bonds is 2. The minimum Gasteiger partial charge on any atom is -0.378 e. The molecule has 3 N–H and O–H groups in total. The smallest absolute Gasteiger partial charge is 0.378 e. The van der Waals surface area contributed by atoms with Gasteiger partial charge in [0, 0.05) is 24.5 Å². The van der Waals surface area contributed by atoms with E-state index in [1.807, 2.05) is 4.90 Å². The number of ether oxygens (including phenoxy) is 1. The molecule has 0 aliphatic carbocycles. The quantitative estimate of drug-likeness (QED) is 0.820. The van der Waals surface area contributed by atoms with Gasteiger partial charge in [-0.1, -0.05) is 0 Å². The van der Waals surface area contributed by atoms with Crippen LogP contribution in [0.3, 0.4) is 0 Å². The summed E-state index contributed by atoms with van der Waals surface area (Å²) in [7, 11) is 0. The van der Waals surface area contributed by atoms with Crippen LogP contribution in [0.4, 0.5) is 24.5 Å². The molecule has 20 heavy (non-hydrogen) atoms. The molecule has 1 saturated heterocycles. The second-order valence-corrected chi connectivity index (χ2v) is 4.79. The number of hydrogen-bond donors (Lipinski definition) is 2. The van der Waals surface area contributed by atoms with Crippen LogP contribution in [0, 0.1) is 0 Å². The molecule has 0 aromatic heterocycles. The molecule has 0 unspecified atom stereocenters. The molecule has 1 aliphatic rings. The summed E-state index contributed by atoms with van der Waals surface area (Å²) >= 11 is 4.67. The summed E-state index contributed by atoms with van der Waals surface area (Å²) in [5.41, 5.74) is 5.29. The largest absolute Gasteiger partial charge is 0.416 e. The molecule has 1 fully saturated rings. The lowest BCUT2D eigenvalue weighted by Crippen LogP contribution is -2.36. The molecule has 0 amide bonds. The predicted molar refractivity (Wildman–Crippen MR) is 74.9 cm³/mol. The highest BCUT2D eigenvalue weighted by atomic mass is 32.1. The first-order valence-electron chi connectivity index (χ1n) is 5.98. The normalized spacial score (nSPS) is 16.1. The van der Waals surface area contributed by atoms with E-state index in [0.717, 1.165) is 12.1 Å². The maximum atomic E-state index is 12.9. The lowest BCUT2D eigenvalue weighted by molar-refractivity contribution is -0.137. The Hall–Kier alpha value is -1.54. The average molecular weight is 305 g/mol. The van der Waals surface area contributed by atoms with E-state index in [2.05, 4.69) is 17.5 Å². The number of alkyl halides is 3. The first-order valence-corrected chi connectivity index (χ1v) is 6.38. The van der Waals surface area contributed by atoms with E-state index in [1.165, 1.54) is 0 Å². The lowest BCUT2D eigenvalue weighted by atomic mass is 10.1. The Labute approximate surface area is 119 Å². The highest BCUT2D eigenvalue weighted by Gasteiger charge is 2.32. The van der Waals surface area contributed by atoms with Gasteiger partial charge in [0.2, 0.25) is 0 Å². The van der Waals surface area contributed by atoms with Gasteiger partial charge < -0.3 is 20.7 Å². The molecule has 0 bridgehead atoms. The summed E-state index contributed by atoms with van der Waals surface area (Å²) in [6.45, 7) is 2.09. The second kappa shape index (κ2) is 5.84. The van der Waals surface area contributed by atoms with Gasteiger partial charge in [-0.05, 0) is 30.4 Å². The van der Waals surface area contributed by atoms with E-state index in [0.29, 0.717) is 32.0 Å². The molecule has 1 aromatic rings. The lowest BCUT2D eigenvalue weighted by Gasteiger charge is -2.29. The van der Waals surface area contributed by atoms with Crippen LogP contribution in [0.15, 0.2) is 18.2 Å². The van der Waals surface area contributed by atoms with Gasteiger partial charge in [-0.2, -0.15) is 13.2 Å². The maximum absolute atomic E-state index is 12.9. The summed E-state index contributed by atoms with van der Waals surface area (Å²) in [6.07, 6.45) is -4.42. The third-order valence-corrected chi connectivity index (χ3v) is 2.99. The van der Waals surface area contributed by atoms with Crippen molar-refractivity contribution in [1.82, 2.24) is 0 Å². The van der Waals surface area contributed by atoms with Crippen LogP contribution in [0.2, 0.25) is 0 Å². The predicted octanol–water partition coefficient (Wildman–Crippen LogP) is 2.20. The molecular formula is C12H14F3N3OS. The summed E-state index contributed by atoms with van der Waals surface area (Å²) in [6, 6.07) is 3.71. The topological polar surface area (TPSA) is 50.5 Å². The van der Waals surface area contributed by atoms with Gasteiger partial charge >= 0.3 is 6.18 Å². The van der Waals surface area contributed by atoms with Crippen molar-refractivity contribution in [3.05, 3.63) is 23.8 Å². The van der Waals surface area contributed by atoms with Crippen molar-refractivity contribution in [2.75, 3.05) is 36.5 Å². The third-order valence-electron chi connectivity index (χ3n) is 2.89. The van der Waals surface area contributed by atoms with Gasteiger partial charge in [0.05, 0.1) is 18.8 Å². The first-order chi connectivity index (χ1) is 9.36. The van der Waals surface area contributed by atoms with Crippen LogP contribution in [0.1, 0.15) is 5.56 Å². The molecule has 1 heterocycles. The molecule has 0 spiro atoms. The minimum atomic E-state index is -4.42. The Morgan fingerprint density at radius 3 is 2.45 bits per heavy atom. The van der Waals surface area contributed by atoms with E-state index in [9.17, 15) is 13.2 Å². The van der Waals surface area contributed by atoms with Crippen molar-refractivity contribution in [3.63, 3.8) is 0 Å². The minimum absolute atomic E-state index is 0.0720. The molecule has 0 saturated carbocycles. The number of hydrogen-bond acceptors (Lipinski definition) is 3. The van der Waals surface area contributed by atoms with Crippen LogP contribution in [0.25, 0.3) is 0 Å². The van der Waals surface area contributed by atoms with E-state index in [1.54, 1.807) is 6.07 Å². The Kier molecular flexibility index (Phi) is 4.34. The second-order valence-electron chi connectivity index (χ2n) is 4.35. The van der Waals surface area contributed by atoms with E-state index >= 15 is 0 Å². The zero-order valence-electron chi connectivity index (χ0n) is 10.5. The monoisotopic (exact) mass is 305 g/mol. The van der Waals surface area contributed by atoms with Crippen molar-refractivity contribution in [2.24, 2.45) is 5.73 Å². The van der Waals surface area contributed by atoms with Gasteiger partial charge in [0.15, 0.2) is 5.11 Å². The number of anilines is 2. The first kappa shape index (κ1) is 14.9. The zero-order chi connectivity index (χ0) is 14.8. The fourth-order valence-electron chi connectivity index (χ4n) is 1.99. The standard InChI is InChI=1S/C12H14F3N3OS/c13-12(14,15)8-5-9(17-11(16)20)7-10(6-8)18-1-3-19-4-2-18/h5-7H,1-4H2,(H3,16,17,20). The van der Waals surface area contributed by atoms with E-state index < -0.39 is 11.7 Å².